The molecule has 0 aliphatic heterocycles. The molecule has 0 spiro atoms. The molecule has 0 saturated carbocycles. The lowest BCUT2D eigenvalue weighted by Gasteiger charge is -2.19. The first kappa shape index (κ1) is 16.4. The summed E-state index contributed by atoms with van der Waals surface area (Å²) in [6, 6.07) is -1.45. The molecule has 0 aliphatic rings. The number of carbonyl (C=O) groups is 3. The molecule has 0 radical (unpaired) electrons. The van der Waals surface area contributed by atoms with Crippen molar-refractivity contribution < 1.29 is 14.4 Å². The average molecular weight is 258 g/mol. The highest BCUT2D eigenvalue weighted by Gasteiger charge is 2.15. The van der Waals surface area contributed by atoms with Gasteiger partial charge in [-0.1, -0.05) is 0 Å². The molecule has 18 heavy (non-hydrogen) atoms. The van der Waals surface area contributed by atoms with Gasteiger partial charge in [-0.05, 0) is 20.8 Å². The minimum absolute atomic E-state index is 0.0370. The van der Waals surface area contributed by atoms with E-state index in [-0.39, 0.29) is 5.91 Å². The summed E-state index contributed by atoms with van der Waals surface area (Å²) in [5.41, 5.74) is 4.82. The third-order valence-electron chi connectivity index (χ3n) is 2.55. The van der Waals surface area contributed by atoms with E-state index in [9.17, 15) is 14.4 Å². The molecule has 0 rings (SSSR count). The van der Waals surface area contributed by atoms with Crippen molar-refractivity contribution in [3.05, 3.63) is 0 Å². The standard InChI is InChI=1S/C11H22N4O3/c1-4-15(5-2)9(16)6-7-13-8(3)10(17)14-11(12)18/h8,13H,4-7H2,1-3H3,(H3,12,14,17,18). The molecule has 4 amide bonds. The first-order chi connectivity index (χ1) is 8.42. The monoisotopic (exact) mass is 258 g/mol. The summed E-state index contributed by atoms with van der Waals surface area (Å²) in [5, 5.41) is 4.82. The minimum Gasteiger partial charge on any atom is -0.351 e. The van der Waals surface area contributed by atoms with Crippen molar-refractivity contribution in [3.8, 4) is 0 Å². The molecular formula is C11H22N4O3. The highest BCUT2D eigenvalue weighted by atomic mass is 16.2. The summed E-state index contributed by atoms with van der Waals surface area (Å²) in [6.45, 7) is 7.15. The third kappa shape index (κ3) is 6.19. The molecular weight excluding hydrogens is 236 g/mol. The molecule has 0 aromatic carbocycles. The number of nitrogens with zero attached hydrogens (tertiary/aromatic N) is 1. The quantitative estimate of drug-likeness (QED) is 0.568. The van der Waals surface area contributed by atoms with E-state index in [2.05, 4.69) is 5.32 Å². The fourth-order valence-corrected chi connectivity index (χ4v) is 1.45. The van der Waals surface area contributed by atoms with E-state index in [1.807, 2.05) is 19.2 Å². The van der Waals surface area contributed by atoms with Crippen LogP contribution >= 0.6 is 0 Å². The van der Waals surface area contributed by atoms with Crippen molar-refractivity contribution >= 4 is 17.8 Å². The van der Waals surface area contributed by atoms with E-state index in [4.69, 9.17) is 5.73 Å². The fourth-order valence-electron chi connectivity index (χ4n) is 1.45. The van der Waals surface area contributed by atoms with Crippen LogP contribution in [0.5, 0.6) is 0 Å². The maximum absolute atomic E-state index is 11.6. The number of hydrogen-bond donors (Lipinski definition) is 3. The average Bonchev–Trinajstić information content (AvgIpc) is 2.29. The zero-order chi connectivity index (χ0) is 14.1. The van der Waals surface area contributed by atoms with Gasteiger partial charge in [-0.25, -0.2) is 4.79 Å². The molecule has 0 bridgehead atoms. The number of urea groups is 1. The van der Waals surface area contributed by atoms with E-state index in [1.54, 1.807) is 11.8 Å². The van der Waals surface area contributed by atoms with Gasteiger partial charge < -0.3 is 16.0 Å². The van der Waals surface area contributed by atoms with E-state index in [0.29, 0.717) is 26.1 Å². The van der Waals surface area contributed by atoms with Crippen LogP contribution < -0.4 is 16.4 Å². The van der Waals surface area contributed by atoms with Gasteiger partial charge in [0.25, 0.3) is 0 Å². The van der Waals surface area contributed by atoms with Gasteiger partial charge in [0.05, 0.1) is 6.04 Å². The van der Waals surface area contributed by atoms with Crippen LogP contribution in [0, 0.1) is 0 Å². The molecule has 1 atom stereocenters. The molecule has 7 heteroatoms. The molecule has 1 unspecified atom stereocenters. The summed E-state index contributed by atoms with van der Waals surface area (Å²) in [7, 11) is 0. The van der Waals surface area contributed by atoms with Crippen molar-refractivity contribution in [2.24, 2.45) is 5.73 Å². The van der Waals surface area contributed by atoms with Gasteiger partial charge >= 0.3 is 6.03 Å². The maximum Gasteiger partial charge on any atom is 0.318 e. The maximum atomic E-state index is 11.6. The van der Waals surface area contributed by atoms with E-state index in [1.165, 1.54) is 0 Å². The van der Waals surface area contributed by atoms with Gasteiger partial charge in [0.2, 0.25) is 11.8 Å². The summed E-state index contributed by atoms with van der Waals surface area (Å²) < 4.78 is 0. The summed E-state index contributed by atoms with van der Waals surface area (Å²) in [6.07, 6.45) is 0.315. The van der Waals surface area contributed by atoms with Crippen LogP contribution in [0.2, 0.25) is 0 Å². The Morgan fingerprint density at radius 2 is 1.78 bits per heavy atom. The highest BCUT2D eigenvalue weighted by molar-refractivity contribution is 5.96. The van der Waals surface area contributed by atoms with Gasteiger partial charge in [0.15, 0.2) is 0 Å². The topological polar surface area (TPSA) is 105 Å². The van der Waals surface area contributed by atoms with Crippen molar-refractivity contribution in [1.82, 2.24) is 15.5 Å². The number of nitrogens with one attached hydrogen (secondary N) is 2. The van der Waals surface area contributed by atoms with Crippen molar-refractivity contribution in [2.75, 3.05) is 19.6 Å². The van der Waals surface area contributed by atoms with E-state index < -0.39 is 18.0 Å². The minimum atomic E-state index is -0.882. The lowest BCUT2D eigenvalue weighted by molar-refractivity contribution is -0.131. The SMILES string of the molecule is CCN(CC)C(=O)CCNC(C)C(=O)NC(N)=O. The Bertz CT molecular complexity index is 303. The Morgan fingerprint density at radius 1 is 1.22 bits per heavy atom. The first-order valence-electron chi connectivity index (χ1n) is 6.03. The van der Waals surface area contributed by atoms with Crippen molar-refractivity contribution in [1.29, 1.82) is 0 Å². The Kier molecular flexibility index (Phi) is 7.69. The molecule has 0 aliphatic carbocycles. The number of hydrogen-bond acceptors (Lipinski definition) is 4. The Balaban J connectivity index is 3.93. The zero-order valence-electron chi connectivity index (χ0n) is 11.2. The lowest BCUT2D eigenvalue weighted by Crippen LogP contribution is -2.47. The van der Waals surface area contributed by atoms with Crippen LogP contribution in [-0.4, -0.2) is 48.4 Å². The molecule has 0 fully saturated rings. The third-order valence-corrected chi connectivity index (χ3v) is 2.55. The summed E-state index contributed by atoms with van der Waals surface area (Å²) >= 11 is 0. The van der Waals surface area contributed by atoms with Gasteiger partial charge in [-0.15, -0.1) is 0 Å². The second-order valence-corrected chi connectivity index (χ2v) is 3.85. The second kappa shape index (κ2) is 8.46. The fraction of sp³-hybridized carbons (Fsp3) is 0.727. The zero-order valence-corrected chi connectivity index (χ0v) is 11.2. The molecule has 104 valence electrons. The van der Waals surface area contributed by atoms with Crippen LogP contribution in [0.25, 0.3) is 0 Å². The predicted molar refractivity (Wildman–Crippen MR) is 67.7 cm³/mol. The lowest BCUT2D eigenvalue weighted by atomic mass is 10.3. The molecule has 0 aromatic rings. The normalized spacial score (nSPS) is 11.7. The highest BCUT2D eigenvalue weighted by Crippen LogP contribution is 1.93. The molecule has 0 aromatic heterocycles. The first-order valence-corrected chi connectivity index (χ1v) is 6.03. The molecule has 4 N–H and O–H groups in total. The van der Waals surface area contributed by atoms with Gasteiger partial charge in [0.1, 0.15) is 0 Å². The molecule has 0 saturated heterocycles. The van der Waals surface area contributed by atoms with Crippen LogP contribution in [0.3, 0.4) is 0 Å². The van der Waals surface area contributed by atoms with Crippen LogP contribution in [0.1, 0.15) is 27.2 Å². The largest absolute Gasteiger partial charge is 0.351 e. The van der Waals surface area contributed by atoms with Gasteiger partial charge in [-0.3, -0.25) is 14.9 Å². The predicted octanol–water partition coefficient (Wildman–Crippen LogP) is -0.582. The van der Waals surface area contributed by atoms with Crippen molar-refractivity contribution in [2.45, 2.75) is 33.2 Å². The number of rotatable bonds is 7. The summed E-state index contributed by atoms with van der Waals surface area (Å²) in [5.74, 6) is -0.465. The Hall–Kier alpha value is -1.63. The van der Waals surface area contributed by atoms with Crippen LogP contribution in [-0.2, 0) is 9.59 Å². The van der Waals surface area contributed by atoms with E-state index >= 15 is 0 Å². The number of primary amides is 1. The molecule has 0 heterocycles. The number of imide groups is 1. The number of amides is 4. The Morgan fingerprint density at radius 3 is 2.22 bits per heavy atom. The summed E-state index contributed by atoms with van der Waals surface area (Å²) in [4.78, 5) is 35.1. The van der Waals surface area contributed by atoms with Crippen molar-refractivity contribution in [3.63, 3.8) is 0 Å². The van der Waals surface area contributed by atoms with Crippen LogP contribution in [0.15, 0.2) is 0 Å². The van der Waals surface area contributed by atoms with E-state index in [0.717, 1.165) is 0 Å². The van der Waals surface area contributed by atoms with Crippen LogP contribution in [0.4, 0.5) is 4.79 Å². The number of carbonyl (C=O) groups excluding carboxylic acids is 3. The Labute approximate surface area is 107 Å². The molecule has 7 nitrogen and oxygen atoms in total. The van der Waals surface area contributed by atoms with Gasteiger partial charge in [-0.2, -0.15) is 0 Å². The number of nitrogens with two attached hydrogens (primary N) is 1. The smallest absolute Gasteiger partial charge is 0.318 e. The second-order valence-electron chi connectivity index (χ2n) is 3.85. The van der Waals surface area contributed by atoms with Gasteiger partial charge in [0, 0.05) is 26.1 Å².